The number of anilines is 1. The van der Waals surface area contributed by atoms with Crippen LogP contribution in [0.4, 0.5) is 5.69 Å². The van der Waals surface area contributed by atoms with E-state index in [0.717, 1.165) is 9.87 Å². The highest BCUT2D eigenvalue weighted by Gasteiger charge is 2.27. The number of para-hydroxylation sites is 1. The number of carbonyl (C=O) groups is 1. The molecule has 4 aromatic carbocycles. The van der Waals surface area contributed by atoms with Crippen LogP contribution in [0, 0.1) is 6.92 Å². The Balaban J connectivity index is 1.47. The van der Waals surface area contributed by atoms with Gasteiger partial charge in [-0.25, -0.2) is 13.8 Å². The number of hydrogen-bond donors (Lipinski definition) is 1. The molecule has 0 saturated carbocycles. The minimum Gasteiger partial charge on any atom is -0.497 e. The van der Waals surface area contributed by atoms with Crippen molar-refractivity contribution in [1.82, 2.24) is 5.43 Å². The molecule has 9 nitrogen and oxygen atoms in total. The van der Waals surface area contributed by atoms with Crippen molar-refractivity contribution < 1.29 is 27.4 Å². The lowest BCUT2D eigenvalue weighted by atomic mass is 10.2. The van der Waals surface area contributed by atoms with Crippen molar-refractivity contribution in [3.63, 3.8) is 0 Å². The van der Waals surface area contributed by atoms with Gasteiger partial charge in [0.1, 0.15) is 18.9 Å². The van der Waals surface area contributed by atoms with Gasteiger partial charge in [-0.15, -0.1) is 0 Å². The molecule has 0 radical (unpaired) electrons. The topological polar surface area (TPSA) is 107 Å². The lowest BCUT2D eigenvalue weighted by molar-refractivity contribution is -0.119. The summed E-state index contributed by atoms with van der Waals surface area (Å²) in [5, 5.41) is 4.03. The van der Waals surface area contributed by atoms with E-state index in [-0.39, 0.29) is 4.90 Å². The summed E-state index contributed by atoms with van der Waals surface area (Å²) in [4.78, 5) is 12.9. The van der Waals surface area contributed by atoms with E-state index in [4.69, 9.17) is 14.2 Å². The van der Waals surface area contributed by atoms with Gasteiger partial charge >= 0.3 is 0 Å². The first-order valence-corrected chi connectivity index (χ1v) is 15.0. The molecule has 4 rings (SSSR count). The third-order valence-corrected chi connectivity index (χ3v) is 8.51. The molecule has 0 spiro atoms. The van der Waals surface area contributed by atoms with Crippen molar-refractivity contribution >= 4 is 43.8 Å². The van der Waals surface area contributed by atoms with Crippen LogP contribution in [0.1, 0.15) is 16.7 Å². The fourth-order valence-corrected chi connectivity index (χ4v) is 5.92. The van der Waals surface area contributed by atoms with Gasteiger partial charge in [0.05, 0.1) is 35.5 Å². The first-order chi connectivity index (χ1) is 20.2. The Bertz CT molecular complexity index is 1650. The van der Waals surface area contributed by atoms with Crippen molar-refractivity contribution in [2.24, 2.45) is 5.10 Å². The molecule has 1 N–H and O–H groups in total. The van der Waals surface area contributed by atoms with Crippen LogP contribution in [0.2, 0.25) is 0 Å². The lowest BCUT2D eigenvalue weighted by Gasteiger charge is -2.23. The van der Waals surface area contributed by atoms with Crippen LogP contribution in [0.15, 0.2) is 105 Å². The Morgan fingerprint density at radius 2 is 1.64 bits per heavy atom. The fraction of sp³-hybridized carbons (Fsp3) is 0.161. The highest BCUT2D eigenvalue weighted by molar-refractivity contribution is 9.10. The third-order valence-electron chi connectivity index (χ3n) is 6.14. The van der Waals surface area contributed by atoms with Crippen LogP contribution in [0.5, 0.6) is 17.2 Å². The zero-order valence-electron chi connectivity index (χ0n) is 23.3. The lowest BCUT2D eigenvalue weighted by Crippen LogP contribution is -2.39. The number of aryl methyl sites for hydroxylation is 1. The van der Waals surface area contributed by atoms with E-state index in [1.54, 1.807) is 54.6 Å². The maximum atomic E-state index is 13.5. The molecule has 0 fully saturated rings. The highest BCUT2D eigenvalue weighted by Crippen LogP contribution is 2.37. The Hall–Kier alpha value is -4.35. The average molecular weight is 653 g/mol. The number of hydrogen-bond acceptors (Lipinski definition) is 7. The molecule has 0 atom stereocenters. The summed E-state index contributed by atoms with van der Waals surface area (Å²) in [6.07, 6.45) is 1.43. The second-order valence-electron chi connectivity index (χ2n) is 9.12. The smallest absolute Gasteiger partial charge is 0.264 e. The van der Waals surface area contributed by atoms with Gasteiger partial charge in [-0.2, -0.15) is 5.10 Å². The third kappa shape index (κ3) is 7.68. The molecule has 0 aliphatic rings. The predicted octanol–water partition coefficient (Wildman–Crippen LogP) is 5.70. The summed E-state index contributed by atoms with van der Waals surface area (Å²) in [6, 6.07) is 25.9. The van der Waals surface area contributed by atoms with E-state index in [2.05, 4.69) is 26.5 Å². The van der Waals surface area contributed by atoms with Crippen LogP contribution < -0.4 is 23.9 Å². The molecule has 0 saturated heterocycles. The first kappa shape index (κ1) is 30.6. The Morgan fingerprint density at radius 1 is 0.952 bits per heavy atom. The molecule has 0 aromatic heterocycles. The molecule has 218 valence electrons. The van der Waals surface area contributed by atoms with Crippen molar-refractivity contribution in [2.45, 2.75) is 18.4 Å². The van der Waals surface area contributed by atoms with E-state index in [9.17, 15) is 13.2 Å². The summed E-state index contributed by atoms with van der Waals surface area (Å²) < 4.78 is 45.3. The van der Waals surface area contributed by atoms with Crippen molar-refractivity contribution in [3.8, 4) is 17.2 Å². The maximum absolute atomic E-state index is 13.5. The number of amides is 1. The van der Waals surface area contributed by atoms with Gasteiger partial charge in [-0.3, -0.25) is 9.10 Å². The van der Waals surface area contributed by atoms with E-state index >= 15 is 0 Å². The number of methoxy groups -OCH3 is 2. The number of hydrazone groups is 1. The summed E-state index contributed by atoms with van der Waals surface area (Å²) >= 11 is 3.52. The van der Waals surface area contributed by atoms with Crippen molar-refractivity contribution in [2.75, 3.05) is 25.1 Å². The quantitative estimate of drug-likeness (QED) is 0.156. The van der Waals surface area contributed by atoms with E-state index in [1.807, 2.05) is 31.2 Å². The van der Waals surface area contributed by atoms with Gasteiger partial charge < -0.3 is 14.2 Å². The van der Waals surface area contributed by atoms with Gasteiger partial charge in [0.2, 0.25) is 0 Å². The van der Waals surface area contributed by atoms with Gasteiger partial charge in [-0.05, 0) is 82.5 Å². The summed E-state index contributed by atoms with van der Waals surface area (Å²) in [7, 11) is -1.04. The number of ether oxygens (including phenoxy) is 3. The molecule has 1 amide bonds. The molecule has 11 heteroatoms. The molecule has 0 aliphatic carbocycles. The maximum Gasteiger partial charge on any atom is 0.264 e. The zero-order chi connectivity index (χ0) is 30.1. The van der Waals surface area contributed by atoms with Gasteiger partial charge in [0.15, 0.2) is 11.5 Å². The van der Waals surface area contributed by atoms with Gasteiger partial charge in [-0.1, -0.05) is 48.0 Å². The SMILES string of the molecule is COc1ccc(S(=O)(=O)N(CC(=O)N/N=C\c2cc(Br)c(OCc3ccc(C)cc3)c(OC)c2)c2ccccc2)cc1. The molecule has 0 heterocycles. The number of halogens is 1. The second-order valence-corrected chi connectivity index (χ2v) is 11.8. The highest BCUT2D eigenvalue weighted by atomic mass is 79.9. The zero-order valence-corrected chi connectivity index (χ0v) is 25.7. The molecular formula is C31H30BrN3O6S. The minimum atomic E-state index is -4.07. The van der Waals surface area contributed by atoms with E-state index in [1.165, 1.54) is 38.1 Å². The average Bonchev–Trinajstić information content (AvgIpc) is 3.00. The van der Waals surface area contributed by atoms with Crippen LogP contribution in [-0.4, -0.2) is 41.3 Å². The van der Waals surface area contributed by atoms with Gasteiger partial charge in [0.25, 0.3) is 15.9 Å². The number of sulfonamides is 1. The van der Waals surface area contributed by atoms with Crippen LogP contribution in [0.3, 0.4) is 0 Å². The summed E-state index contributed by atoms with van der Waals surface area (Å²) in [5.74, 6) is 0.893. The molecule has 4 aromatic rings. The number of nitrogens with zero attached hydrogens (tertiary/aromatic N) is 2. The van der Waals surface area contributed by atoms with Crippen LogP contribution in [0.25, 0.3) is 0 Å². The Morgan fingerprint density at radius 3 is 2.29 bits per heavy atom. The van der Waals surface area contributed by atoms with E-state index in [0.29, 0.717) is 39.6 Å². The first-order valence-electron chi connectivity index (χ1n) is 12.8. The number of rotatable bonds is 12. The second kappa shape index (κ2) is 14.0. The molecule has 42 heavy (non-hydrogen) atoms. The number of carbonyl (C=O) groups excluding carboxylic acids is 1. The van der Waals surface area contributed by atoms with Gasteiger partial charge in [0, 0.05) is 0 Å². The molecular weight excluding hydrogens is 622 g/mol. The normalized spacial score (nSPS) is 11.2. The standard InChI is InChI=1S/C31H30BrN3O6S/c1-22-9-11-23(12-10-22)21-41-31-28(32)17-24(18-29(31)40-3)19-33-34-30(36)20-35(25-7-5-4-6-8-25)42(37,38)27-15-13-26(39-2)14-16-27/h4-19H,20-21H2,1-3H3,(H,34,36)/b33-19-. The van der Waals surface area contributed by atoms with Crippen LogP contribution in [-0.2, 0) is 21.4 Å². The van der Waals surface area contributed by atoms with Crippen molar-refractivity contribution in [1.29, 1.82) is 0 Å². The predicted molar refractivity (Wildman–Crippen MR) is 166 cm³/mol. The number of benzene rings is 4. The minimum absolute atomic E-state index is 0.0186. The Kier molecular flexibility index (Phi) is 10.2. The largest absolute Gasteiger partial charge is 0.497 e. The van der Waals surface area contributed by atoms with Crippen molar-refractivity contribution in [3.05, 3.63) is 112 Å². The fourth-order valence-electron chi connectivity index (χ4n) is 3.92. The summed E-state index contributed by atoms with van der Waals surface area (Å²) in [6.45, 7) is 1.89. The molecule has 0 aliphatic heterocycles. The van der Waals surface area contributed by atoms with E-state index < -0.39 is 22.5 Å². The monoisotopic (exact) mass is 651 g/mol. The van der Waals surface area contributed by atoms with Crippen LogP contribution >= 0.6 is 15.9 Å². The summed E-state index contributed by atoms with van der Waals surface area (Å²) in [5.41, 5.74) is 5.55. The number of nitrogens with one attached hydrogen (secondary N) is 1. The molecule has 0 unspecified atom stereocenters. The molecule has 0 bridgehead atoms. The Labute approximate surface area is 253 Å².